The van der Waals surface area contributed by atoms with Crippen LogP contribution in [-0.2, 0) is 0 Å². The highest BCUT2D eigenvalue weighted by atomic mass is 35.5. The van der Waals surface area contributed by atoms with Crippen molar-refractivity contribution in [3.63, 3.8) is 0 Å². The average molecular weight is 258 g/mol. The first-order valence-electron chi connectivity index (χ1n) is 5.57. The summed E-state index contributed by atoms with van der Waals surface area (Å²) in [5.74, 6) is 0. The van der Waals surface area contributed by atoms with E-state index in [-0.39, 0.29) is 12.4 Å². The van der Waals surface area contributed by atoms with Crippen molar-refractivity contribution < 1.29 is 0 Å². The monoisotopic (exact) mass is 257 g/mol. The van der Waals surface area contributed by atoms with Gasteiger partial charge in [-0.05, 0) is 24.6 Å². The molecule has 0 radical (unpaired) electrons. The second-order valence-electron chi connectivity index (χ2n) is 5.05. The van der Waals surface area contributed by atoms with Gasteiger partial charge in [-0.15, -0.1) is 24.2 Å². The summed E-state index contributed by atoms with van der Waals surface area (Å²) >= 11 is 1.96. The predicted molar refractivity (Wildman–Crippen MR) is 74.7 cm³/mol. The molecular formula is C13H20ClNS. The number of hydrogen-bond donors (Lipinski definition) is 1. The number of thioether (sulfide) groups is 1. The van der Waals surface area contributed by atoms with Crippen molar-refractivity contribution in [2.45, 2.75) is 42.9 Å². The number of halogens is 1. The van der Waals surface area contributed by atoms with E-state index in [4.69, 9.17) is 0 Å². The van der Waals surface area contributed by atoms with Gasteiger partial charge < -0.3 is 5.32 Å². The summed E-state index contributed by atoms with van der Waals surface area (Å²) in [4.78, 5) is 1.43. The molecule has 1 aromatic rings. The van der Waals surface area contributed by atoms with Crippen LogP contribution in [0.3, 0.4) is 0 Å². The van der Waals surface area contributed by atoms with Crippen LogP contribution >= 0.6 is 24.2 Å². The lowest BCUT2D eigenvalue weighted by molar-refractivity contribution is 0.378. The first kappa shape index (κ1) is 13.9. The van der Waals surface area contributed by atoms with Gasteiger partial charge in [-0.3, -0.25) is 0 Å². The predicted octanol–water partition coefficient (Wildman–Crippen LogP) is 4.03. The summed E-state index contributed by atoms with van der Waals surface area (Å²) in [6.45, 7) is 7.97. The Morgan fingerprint density at radius 1 is 1.25 bits per heavy atom. The number of rotatable bonds is 2. The standard InChI is InChI=1S/C13H19NS.ClH/c1-13(2,3)15-12-7-5-4-6-10(12)11-8-9-14-11;/h4-7,11,14H,8-9H2,1-3H3;1H/t11-;/m0./s1. The van der Waals surface area contributed by atoms with Crippen LogP contribution < -0.4 is 5.32 Å². The quantitative estimate of drug-likeness (QED) is 0.803. The van der Waals surface area contributed by atoms with Gasteiger partial charge in [0.05, 0.1) is 0 Å². The zero-order valence-electron chi connectivity index (χ0n) is 10.1. The third-order valence-corrected chi connectivity index (χ3v) is 3.74. The van der Waals surface area contributed by atoms with Crippen molar-refractivity contribution in [3.8, 4) is 0 Å². The van der Waals surface area contributed by atoms with Gasteiger partial charge in [0.25, 0.3) is 0 Å². The zero-order valence-corrected chi connectivity index (χ0v) is 11.8. The molecule has 0 saturated carbocycles. The lowest BCUT2D eigenvalue weighted by atomic mass is 9.98. The van der Waals surface area contributed by atoms with Crippen molar-refractivity contribution in [2.75, 3.05) is 6.54 Å². The second-order valence-corrected chi connectivity index (χ2v) is 6.92. The molecule has 0 aromatic heterocycles. The minimum Gasteiger partial charge on any atom is -0.310 e. The number of nitrogens with one attached hydrogen (secondary N) is 1. The molecule has 0 aliphatic carbocycles. The number of hydrogen-bond acceptors (Lipinski definition) is 2. The van der Waals surface area contributed by atoms with E-state index in [2.05, 4.69) is 50.4 Å². The molecular weight excluding hydrogens is 238 g/mol. The van der Waals surface area contributed by atoms with Gasteiger partial charge in [0.15, 0.2) is 0 Å². The summed E-state index contributed by atoms with van der Waals surface area (Å²) in [5, 5.41) is 3.47. The highest BCUT2D eigenvalue weighted by Crippen LogP contribution is 2.38. The summed E-state index contributed by atoms with van der Waals surface area (Å²) in [5.41, 5.74) is 1.48. The van der Waals surface area contributed by atoms with Crippen LogP contribution in [0.4, 0.5) is 0 Å². The van der Waals surface area contributed by atoms with Crippen molar-refractivity contribution in [1.29, 1.82) is 0 Å². The first-order chi connectivity index (χ1) is 7.06. The summed E-state index contributed by atoms with van der Waals surface area (Å²) in [7, 11) is 0. The minimum absolute atomic E-state index is 0. The molecule has 16 heavy (non-hydrogen) atoms. The highest BCUT2D eigenvalue weighted by molar-refractivity contribution is 8.00. The molecule has 1 aromatic carbocycles. The normalized spacial score (nSPS) is 19.8. The fourth-order valence-electron chi connectivity index (χ4n) is 1.75. The Hall–Kier alpha value is -0.180. The molecule has 1 aliphatic rings. The Bertz CT molecular complexity index is 342. The van der Waals surface area contributed by atoms with E-state index in [9.17, 15) is 0 Å². The maximum atomic E-state index is 3.47. The number of benzene rings is 1. The van der Waals surface area contributed by atoms with E-state index in [1.165, 1.54) is 23.4 Å². The molecule has 0 bridgehead atoms. The van der Waals surface area contributed by atoms with E-state index < -0.39 is 0 Å². The topological polar surface area (TPSA) is 12.0 Å². The largest absolute Gasteiger partial charge is 0.310 e. The first-order valence-corrected chi connectivity index (χ1v) is 6.39. The maximum Gasteiger partial charge on any atom is 0.0343 e. The third-order valence-electron chi connectivity index (χ3n) is 2.53. The van der Waals surface area contributed by atoms with Crippen LogP contribution in [-0.4, -0.2) is 11.3 Å². The van der Waals surface area contributed by atoms with Gasteiger partial charge in [0.1, 0.15) is 0 Å². The summed E-state index contributed by atoms with van der Waals surface area (Å²) in [6, 6.07) is 9.37. The molecule has 1 aliphatic heterocycles. The summed E-state index contributed by atoms with van der Waals surface area (Å²) in [6.07, 6.45) is 1.28. The SMILES string of the molecule is CC(C)(C)Sc1ccccc1[C@@H]1CCN1.Cl. The van der Waals surface area contributed by atoms with Crippen LogP contribution in [0.5, 0.6) is 0 Å². The highest BCUT2D eigenvalue weighted by Gasteiger charge is 2.23. The van der Waals surface area contributed by atoms with Crippen molar-refractivity contribution in [3.05, 3.63) is 29.8 Å². The molecule has 0 spiro atoms. The van der Waals surface area contributed by atoms with Gasteiger partial charge in [-0.2, -0.15) is 0 Å². The fraction of sp³-hybridized carbons (Fsp3) is 0.538. The molecule has 1 saturated heterocycles. The average Bonchev–Trinajstić information content (AvgIpc) is 2.02. The maximum absolute atomic E-state index is 3.47. The van der Waals surface area contributed by atoms with Gasteiger partial charge in [-0.25, -0.2) is 0 Å². The van der Waals surface area contributed by atoms with Gasteiger partial charge in [-0.1, -0.05) is 39.0 Å². The molecule has 90 valence electrons. The van der Waals surface area contributed by atoms with Crippen molar-refractivity contribution in [2.24, 2.45) is 0 Å². The Morgan fingerprint density at radius 3 is 2.38 bits per heavy atom. The molecule has 0 unspecified atom stereocenters. The smallest absolute Gasteiger partial charge is 0.0343 e. The molecule has 3 heteroatoms. The Kier molecular flexibility index (Phi) is 4.72. The molecule has 1 heterocycles. The third kappa shape index (κ3) is 3.41. The second kappa shape index (κ2) is 5.44. The van der Waals surface area contributed by atoms with Crippen LogP contribution in [0.1, 0.15) is 38.8 Å². The van der Waals surface area contributed by atoms with E-state index in [0.717, 1.165) is 0 Å². The Morgan fingerprint density at radius 2 is 1.88 bits per heavy atom. The van der Waals surface area contributed by atoms with E-state index in [1.807, 2.05) is 11.8 Å². The Labute approximate surface area is 109 Å². The van der Waals surface area contributed by atoms with Gasteiger partial charge in [0, 0.05) is 15.7 Å². The van der Waals surface area contributed by atoms with Crippen LogP contribution in [0, 0.1) is 0 Å². The van der Waals surface area contributed by atoms with Crippen LogP contribution in [0.15, 0.2) is 29.2 Å². The van der Waals surface area contributed by atoms with E-state index >= 15 is 0 Å². The van der Waals surface area contributed by atoms with E-state index in [0.29, 0.717) is 10.8 Å². The summed E-state index contributed by atoms with van der Waals surface area (Å²) < 4.78 is 0.292. The fourth-order valence-corrected chi connectivity index (χ4v) is 2.88. The van der Waals surface area contributed by atoms with Gasteiger partial charge in [0.2, 0.25) is 0 Å². The molecule has 1 atom stereocenters. The zero-order chi connectivity index (χ0) is 10.9. The van der Waals surface area contributed by atoms with Crippen molar-refractivity contribution in [1.82, 2.24) is 5.32 Å². The lowest BCUT2D eigenvalue weighted by Crippen LogP contribution is -2.35. The molecule has 0 amide bonds. The van der Waals surface area contributed by atoms with Gasteiger partial charge >= 0.3 is 0 Å². The lowest BCUT2D eigenvalue weighted by Gasteiger charge is -2.31. The van der Waals surface area contributed by atoms with Crippen LogP contribution in [0.2, 0.25) is 0 Å². The molecule has 2 rings (SSSR count). The minimum atomic E-state index is 0. The molecule has 1 fully saturated rings. The molecule has 1 N–H and O–H groups in total. The van der Waals surface area contributed by atoms with E-state index in [1.54, 1.807) is 0 Å². The Balaban J connectivity index is 0.00000128. The van der Waals surface area contributed by atoms with Crippen molar-refractivity contribution >= 4 is 24.2 Å². The molecule has 1 nitrogen and oxygen atoms in total. The van der Waals surface area contributed by atoms with Crippen LogP contribution in [0.25, 0.3) is 0 Å².